The number of carbonyl (C=O) groups excluding carboxylic acids is 1. The zero-order valence-electron chi connectivity index (χ0n) is 13.9. The van der Waals surface area contributed by atoms with Crippen molar-refractivity contribution >= 4 is 45.8 Å². The van der Waals surface area contributed by atoms with Gasteiger partial charge in [-0.1, -0.05) is 29.3 Å². The molecule has 0 unspecified atom stereocenters. The first kappa shape index (κ1) is 18.8. The van der Waals surface area contributed by atoms with Crippen LogP contribution in [-0.4, -0.2) is 12.5 Å². The number of rotatable bonds is 1. The van der Waals surface area contributed by atoms with Gasteiger partial charge in [-0.05, 0) is 36.8 Å². The second kappa shape index (κ2) is 6.53. The molecule has 0 atom stereocenters. The van der Waals surface area contributed by atoms with Crippen LogP contribution in [0.3, 0.4) is 0 Å². The van der Waals surface area contributed by atoms with Gasteiger partial charge in [0.2, 0.25) is 0 Å². The van der Waals surface area contributed by atoms with Crippen LogP contribution in [-0.2, 0) is 12.6 Å². The first-order chi connectivity index (χ1) is 13.2. The third-order valence-corrected chi connectivity index (χ3v) is 5.18. The van der Waals surface area contributed by atoms with Crippen molar-refractivity contribution in [3.05, 3.63) is 73.6 Å². The van der Waals surface area contributed by atoms with Gasteiger partial charge in [0.05, 0.1) is 26.6 Å². The highest BCUT2D eigenvalue weighted by molar-refractivity contribution is 6.34. The Morgan fingerprint density at radius 2 is 1.79 bits per heavy atom. The molecule has 1 amide bonds. The molecule has 0 saturated heterocycles. The van der Waals surface area contributed by atoms with Gasteiger partial charge in [-0.25, -0.2) is 0 Å². The third kappa shape index (κ3) is 2.95. The minimum Gasteiger partial charge on any atom is -0.449 e. The topological polar surface area (TPSA) is 50.5 Å². The Hall–Kier alpha value is -2.51. The van der Waals surface area contributed by atoms with E-state index in [9.17, 15) is 22.8 Å². The van der Waals surface area contributed by atoms with Gasteiger partial charge in [-0.3, -0.25) is 9.59 Å². The van der Waals surface area contributed by atoms with Crippen molar-refractivity contribution in [2.45, 2.75) is 12.6 Å². The molecule has 28 heavy (non-hydrogen) atoms. The fraction of sp³-hybridized carbons (Fsp3) is 0.158. The van der Waals surface area contributed by atoms with Gasteiger partial charge in [0.25, 0.3) is 5.91 Å². The van der Waals surface area contributed by atoms with E-state index in [1.807, 2.05) is 0 Å². The number of hydrogen-bond acceptors (Lipinski definition) is 3. The predicted molar refractivity (Wildman–Crippen MR) is 99.3 cm³/mol. The Labute approximate surface area is 166 Å². The van der Waals surface area contributed by atoms with E-state index in [0.717, 1.165) is 17.0 Å². The van der Waals surface area contributed by atoms with Gasteiger partial charge >= 0.3 is 6.18 Å². The van der Waals surface area contributed by atoms with Gasteiger partial charge in [-0.15, -0.1) is 0 Å². The van der Waals surface area contributed by atoms with Crippen LogP contribution in [0.15, 0.2) is 45.6 Å². The van der Waals surface area contributed by atoms with Crippen molar-refractivity contribution in [3.63, 3.8) is 0 Å². The molecule has 9 heteroatoms. The van der Waals surface area contributed by atoms with E-state index in [1.165, 1.54) is 12.1 Å². The molecule has 0 aliphatic carbocycles. The molecule has 1 aliphatic heterocycles. The monoisotopic (exact) mass is 427 g/mol. The standard InChI is InChI=1S/C19H10Cl2F3NO3/c20-13-5-4-9(8-12(13)19(22,23)24)25-7-6-11-15(26)10-2-1-3-14(21)16(10)28-17(11)18(25)27/h1-5,8H,6-7H2. The lowest BCUT2D eigenvalue weighted by atomic mass is 10.0. The minimum absolute atomic E-state index is 0.00859. The second-order valence-electron chi connectivity index (χ2n) is 6.22. The number of amides is 1. The van der Waals surface area contributed by atoms with Crippen molar-refractivity contribution < 1.29 is 22.4 Å². The highest BCUT2D eigenvalue weighted by Gasteiger charge is 2.36. The van der Waals surface area contributed by atoms with Crippen molar-refractivity contribution in [3.8, 4) is 0 Å². The van der Waals surface area contributed by atoms with Gasteiger partial charge in [0.1, 0.15) is 0 Å². The zero-order valence-corrected chi connectivity index (χ0v) is 15.5. The van der Waals surface area contributed by atoms with Crippen molar-refractivity contribution in [1.29, 1.82) is 0 Å². The molecule has 1 aliphatic rings. The number of fused-ring (bicyclic) bond motifs is 2. The molecule has 0 fully saturated rings. The highest BCUT2D eigenvalue weighted by atomic mass is 35.5. The molecule has 0 bridgehead atoms. The van der Waals surface area contributed by atoms with Crippen LogP contribution in [0.1, 0.15) is 21.7 Å². The van der Waals surface area contributed by atoms with Crippen LogP contribution in [0.5, 0.6) is 0 Å². The van der Waals surface area contributed by atoms with E-state index in [-0.39, 0.29) is 51.4 Å². The van der Waals surface area contributed by atoms with Gasteiger partial charge < -0.3 is 9.32 Å². The summed E-state index contributed by atoms with van der Waals surface area (Å²) in [5.74, 6) is -0.934. The first-order valence-corrected chi connectivity index (χ1v) is 8.87. The Morgan fingerprint density at radius 1 is 1.04 bits per heavy atom. The zero-order chi connectivity index (χ0) is 20.2. The lowest BCUT2D eigenvalue weighted by molar-refractivity contribution is -0.137. The number of alkyl halides is 3. The summed E-state index contributed by atoms with van der Waals surface area (Å²) in [6.45, 7) is 0.0294. The van der Waals surface area contributed by atoms with Crippen molar-refractivity contribution in [2.24, 2.45) is 0 Å². The van der Waals surface area contributed by atoms with Crippen LogP contribution in [0.4, 0.5) is 18.9 Å². The molecule has 144 valence electrons. The SMILES string of the molecule is O=C1c2oc3c(Cl)cccc3c(=O)c2CCN1c1ccc(Cl)c(C(F)(F)F)c1. The molecule has 0 spiro atoms. The van der Waals surface area contributed by atoms with E-state index in [2.05, 4.69) is 0 Å². The number of halogens is 5. The summed E-state index contributed by atoms with van der Waals surface area (Å²) in [4.78, 5) is 26.7. The van der Waals surface area contributed by atoms with Crippen LogP contribution in [0.2, 0.25) is 10.0 Å². The second-order valence-corrected chi connectivity index (χ2v) is 7.04. The summed E-state index contributed by atoms with van der Waals surface area (Å²) >= 11 is 11.7. The number of anilines is 1. The smallest absolute Gasteiger partial charge is 0.417 e. The lowest BCUT2D eigenvalue weighted by Crippen LogP contribution is -2.40. The fourth-order valence-corrected chi connectivity index (χ4v) is 3.65. The van der Waals surface area contributed by atoms with Gasteiger partial charge in [0.15, 0.2) is 16.8 Å². The first-order valence-electron chi connectivity index (χ1n) is 8.11. The van der Waals surface area contributed by atoms with E-state index in [4.69, 9.17) is 27.6 Å². The molecule has 1 aromatic heterocycles. The van der Waals surface area contributed by atoms with Crippen LogP contribution in [0.25, 0.3) is 11.0 Å². The number of hydrogen-bond donors (Lipinski definition) is 0. The van der Waals surface area contributed by atoms with Crippen molar-refractivity contribution in [2.75, 3.05) is 11.4 Å². The Morgan fingerprint density at radius 3 is 2.50 bits per heavy atom. The summed E-state index contributed by atoms with van der Waals surface area (Å²) < 4.78 is 45.0. The molecule has 0 radical (unpaired) electrons. The molecule has 0 N–H and O–H groups in total. The molecule has 0 saturated carbocycles. The summed E-state index contributed by atoms with van der Waals surface area (Å²) in [5.41, 5.74) is -1.17. The van der Waals surface area contributed by atoms with Crippen LogP contribution in [0, 0.1) is 0 Å². The summed E-state index contributed by atoms with van der Waals surface area (Å²) in [5, 5.41) is -0.0584. The maximum absolute atomic E-state index is 13.1. The number of carbonyl (C=O) groups is 1. The van der Waals surface area contributed by atoms with Gasteiger partial charge in [-0.2, -0.15) is 13.2 Å². The number of nitrogens with zero attached hydrogens (tertiary/aromatic N) is 1. The molecular weight excluding hydrogens is 418 g/mol. The largest absolute Gasteiger partial charge is 0.449 e. The average Bonchev–Trinajstić information content (AvgIpc) is 2.63. The number of benzene rings is 2. The summed E-state index contributed by atoms with van der Waals surface area (Å²) in [6.07, 6.45) is -4.53. The molecule has 3 aromatic rings. The summed E-state index contributed by atoms with van der Waals surface area (Å²) in [6, 6.07) is 7.84. The molecular formula is C19H10Cl2F3NO3. The highest BCUT2D eigenvalue weighted by Crippen LogP contribution is 2.38. The van der Waals surface area contributed by atoms with E-state index < -0.39 is 22.7 Å². The maximum atomic E-state index is 13.1. The maximum Gasteiger partial charge on any atom is 0.417 e. The molecule has 4 rings (SSSR count). The third-order valence-electron chi connectivity index (χ3n) is 4.56. The van der Waals surface area contributed by atoms with E-state index in [0.29, 0.717) is 0 Å². The Balaban J connectivity index is 1.84. The average molecular weight is 428 g/mol. The van der Waals surface area contributed by atoms with Crippen LogP contribution >= 0.6 is 23.2 Å². The van der Waals surface area contributed by atoms with Crippen molar-refractivity contribution in [1.82, 2.24) is 0 Å². The summed E-state index contributed by atoms with van der Waals surface area (Å²) in [7, 11) is 0. The molecule has 2 aromatic carbocycles. The lowest BCUT2D eigenvalue weighted by Gasteiger charge is -2.28. The Bertz CT molecular complexity index is 1190. The van der Waals surface area contributed by atoms with Crippen LogP contribution < -0.4 is 10.3 Å². The predicted octanol–water partition coefficient (Wildman–Crippen LogP) is 5.32. The van der Waals surface area contributed by atoms with E-state index >= 15 is 0 Å². The Kier molecular flexibility index (Phi) is 4.39. The number of para-hydroxylation sites is 1. The fourth-order valence-electron chi connectivity index (χ4n) is 3.21. The normalized spacial score (nSPS) is 14.5. The molecule has 4 nitrogen and oxygen atoms in total. The van der Waals surface area contributed by atoms with E-state index in [1.54, 1.807) is 12.1 Å². The molecule has 2 heterocycles. The van der Waals surface area contributed by atoms with Gasteiger partial charge in [0, 0.05) is 12.2 Å². The quantitative estimate of drug-likeness (QED) is 0.527. The minimum atomic E-state index is -4.67.